The number of rotatable bonds is 3. The van der Waals surface area contributed by atoms with Gasteiger partial charge in [0.1, 0.15) is 16.8 Å². The number of para-hydroxylation sites is 1. The Morgan fingerprint density at radius 1 is 0.440 bits per heavy atom. The van der Waals surface area contributed by atoms with Gasteiger partial charge in [0.15, 0.2) is 11.4 Å². The summed E-state index contributed by atoms with van der Waals surface area (Å²) >= 11 is 0. The topological polar surface area (TPSA) is 43.9 Å². The first kappa shape index (κ1) is 27.2. The van der Waals surface area contributed by atoms with Crippen molar-refractivity contribution in [2.75, 3.05) is 0 Å². The number of benzene rings is 8. The Morgan fingerprint density at radius 3 is 1.80 bits per heavy atom. The first-order valence-electron chi connectivity index (χ1n) is 16.9. The number of hydrogen-bond donors (Lipinski definition) is 0. The molecule has 3 heterocycles. The third kappa shape index (κ3) is 3.93. The molecule has 0 atom stereocenters. The fourth-order valence-corrected chi connectivity index (χ4v) is 7.86. The van der Waals surface area contributed by atoms with Gasteiger partial charge in [-0.3, -0.25) is 0 Å². The molecule has 0 saturated carbocycles. The molecule has 50 heavy (non-hydrogen) atoms. The van der Waals surface area contributed by atoms with Crippen LogP contribution in [0.5, 0.6) is 0 Å². The van der Waals surface area contributed by atoms with Gasteiger partial charge in [-0.25, -0.2) is 9.97 Å². The lowest BCUT2D eigenvalue weighted by Crippen LogP contribution is -1.97. The summed E-state index contributed by atoms with van der Waals surface area (Å²) in [6, 6.07) is 58.0. The number of aromatic nitrogens is 3. The SMILES string of the molecule is c1cc(-c2nc(-c3ccc4ccccc4c3)c3oc4ccccc4c3n2)cc(-n2c3ccc4ccccc4c3c3c4ccccc4ccc32)c1. The second-order valence-electron chi connectivity index (χ2n) is 13.0. The van der Waals surface area contributed by atoms with Gasteiger partial charge in [-0.05, 0) is 74.8 Å². The molecule has 0 amide bonds. The lowest BCUT2D eigenvalue weighted by Gasteiger charge is -2.11. The zero-order valence-corrected chi connectivity index (χ0v) is 26.8. The molecule has 0 aliphatic heterocycles. The molecule has 4 heteroatoms. The summed E-state index contributed by atoms with van der Waals surface area (Å²) in [5.41, 5.74) is 8.42. The predicted octanol–water partition coefficient (Wildman–Crippen LogP) is 12.3. The van der Waals surface area contributed by atoms with Crippen LogP contribution < -0.4 is 0 Å². The van der Waals surface area contributed by atoms with Crippen molar-refractivity contribution in [1.82, 2.24) is 14.5 Å². The molecule has 0 fully saturated rings. The Hall–Kier alpha value is -6.78. The van der Waals surface area contributed by atoms with E-state index in [1.807, 2.05) is 18.2 Å². The minimum Gasteiger partial charge on any atom is -0.452 e. The van der Waals surface area contributed by atoms with E-state index in [2.05, 4.69) is 150 Å². The third-order valence-corrected chi connectivity index (χ3v) is 10.2. The summed E-state index contributed by atoms with van der Waals surface area (Å²) in [7, 11) is 0. The van der Waals surface area contributed by atoms with E-state index < -0.39 is 0 Å². The molecule has 8 aromatic carbocycles. The highest BCUT2D eigenvalue weighted by molar-refractivity contribution is 6.28. The van der Waals surface area contributed by atoms with Gasteiger partial charge in [-0.15, -0.1) is 0 Å². The van der Waals surface area contributed by atoms with Gasteiger partial charge in [-0.1, -0.05) is 121 Å². The molecule has 0 unspecified atom stereocenters. The van der Waals surface area contributed by atoms with Gasteiger partial charge in [0.25, 0.3) is 0 Å². The number of nitrogens with zero attached hydrogens (tertiary/aromatic N) is 3. The molecule has 11 aromatic rings. The van der Waals surface area contributed by atoms with Crippen molar-refractivity contribution >= 4 is 76.2 Å². The molecule has 0 N–H and O–H groups in total. The van der Waals surface area contributed by atoms with Crippen LogP contribution in [-0.4, -0.2) is 14.5 Å². The molecule has 0 aliphatic carbocycles. The summed E-state index contributed by atoms with van der Waals surface area (Å²) in [6.45, 7) is 0. The van der Waals surface area contributed by atoms with Crippen LogP contribution in [-0.2, 0) is 0 Å². The summed E-state index contributed by atoms with van der Waals surface area (Å²) in [4.78, 5) is 10.5. The average molecular weight is 638 g/mol. The minimum atomic E-state index is 0.658. The van der Waals surface area contributed by atoms with Crippen molar-refractivity contribution in [3.8, 4) is 28.3 Å². The Labute approximate surface area is 286 Å². The molecular weight excluding hydrogens is 611 g/mol. The van der Waals surface area contributed by atoms with Crippen molar-refractivity contribution in [3.05, 3.63) is 164 Å². The highest BCUT2D eigenvalue weighted by atomic mass is 16.3. The van der Waals surface area contributed by atoms with Gasteiger partial charge in [0.05, 0.1) is 11.0 Å². The van der Waals surface area contributed by atoms with Crippen LogP contribution in [0.1, 0.15) is 0 Å². The highest BCUT2D eigenvalue weighted by Crippen LogP contribution is 2.41. The molecular formula is C46H27N3O. The monoisotopic (exact) mass is 637 g/mol. The second-order valence-corrected chi connectivity index (χ2v) is 13.0. The van der Waals surface area contributed by atoms with Crippen LogP contribution in [0.4, 0.5) is 0 Å². The molecule has 11 rings (SSSR count). The zero-order chi connectivity index (χ0) is 32.8. The third-order valence-electron chi connectivity index (χ3n) is 10.2. The molecule has 0 spiro atoms. The highest BCUT2D eigenvalue weighted by Gasteiger charge is 2.20. The molecule has 3 aromatic heterocycles. The van der Waals surface area contributed by atoms with Crippen LogP contribution in [0.2, 0.25) is 0 Å². The normalized spacial score (nSPS) is 12.0. The van der Waals surface area contributed by atoms with Gasteiger partial charge in [-0.2, -0.15) is 0 Å². The van der Waals surface area contributed by atoms with E-state index in [4.69, 9.17) is 14.4 Å². The van der Waals surface area contributed by atoms with Crippen molar-refractivity contribution in [3.63, 3.8) is 0 Å². The fourth-order valence-electron chi connectivity index (χ4n) is 7.86. The van der Waals surface area contributed by atoms with E-state index >= 15 is 0 Å². The summed E-state index contributed by atoms with van der Waals surface area (Å²) in [5, 5.41) is 10.8. The zero-order valence-electron chi connectivity index (χ0n) is 26.8. The van der Waals surface area contributed by atoms with Gasteiger partial charge >= 0.3 is 0 Å². The van der Waals surface area contributed by atoms with E-state index in [0.717, 1.165) is 44.4 Å². The quantitative estimate of drug-likeness (QED) is 0.194. The fraction of sp³-hybridized carbons (Fsp3) is 0. The summed E-state index contributed by atoms with van der Waals surface area (Å²) < 4.78 is 8.85. The maximum atomic E-state index is 6.46. The van der Waals surface area contributed by atoms with Gasteiger partial charge < -0.3 is 8.98 Å². The van der Waals surface area contributed by atoms with Crippen LogP contribution in [0, 0.1) is 0 Å². The maximum Gasteiger partial charge on any atom is 0.180 e. The Balaban J connectivity index is 1.18. The Kier molecular flexibility index (Phi) is 5.63. The van der Waals surface area contributed by atoms with Crippen molar-refractivity contribution in [1.29, 1.82) is 0 Å². The smallest absolute Gasteiger partial charge is 0.180 e. The standard InChI is InChI=1S/C46H27N3O/c1-2-13-31-26-32(21-20-28(31)10-1)43-45-44(37-18-7-8-19-40(37)50-45)48-46(47-43)33-14-9-15-34(27-33)49-38-24-22-29-11-3-5-16-35(29)41(38)42-36-17-6-4-12-30(36)23-25-39(42)49/h1-27H. The van der Waals surface area contributed by atoms with E-state index in [-0.39, 0.29) is 0 Å². The van der Waals surface area contributed by atoms with Crippen LogP contribution >= 0.6 is 0 Å². The van der Waals surface area contributed by atoms with E-state index in [1.165, 1.54) is 48.7 Å². The number of furan rings is 1. The molecule has 4 nitrogen and oxygen atoms in total. The van der Waals surface area contributed by atoms with Crippen LogP contribution in [0.15, 0.2) is 168 Å². The molecule has 0 aliphatic rings. The van der Waals surface area contributed by atoms with Crippen LogP contribution in [0.25, 0.3) is 105 Å². The number of fused-ring (bicyclic) bond motifs is 11. The summed E-state index contributed by atoms with van der Waals surface area (Å²) in [6.07, 6.45) is 0. The maximum absolute atomic E-state index is 6.46. The Morgan fingerprint density at radius 2 is 1.06 bits per heavy atom. The molecule has 0 saturated heterocycles. The first-order chi connectivity index (χ1) is 24.8. The van der Waals surface area contributed by atoms with E-state index in [0.29, 0.717) is 11.4 Å². The van der Waals surface area contributed by atoms with E-state index in [1.54, 1.807) is 0 Å². The van der Waals surface area contributed by atoms with Crippen LogP contribution in [0.3, 0.4) is 0 Å². The lowest BCUT2D eigenvalue weighted by atomic mass is 10.00. The van der Waals surface area contributed by atoms with Crippen molar-refractivity contribution < 1.29 is 4.42 Å². The molecule has 0 bridgehead atoms. The van der Waals surface area contributed by atoms with Gasteiger partial charge in [0, 0.05) is 33.0 Å². The number of hydrogen-bond acceptors (Lipinski definition) is 3. The lowest BCUT2D eigenvalue weighted by molar-refractivity contribution is 0.667. The van der Waals surface area contributed by atoms with Gasteiger partial charge in [0.2, 0.25) is 0 Å². The largest absolute Gasteiger partial charge is 0.452 e. The minimum absolute atomic E-state index is 0.658. The molecule has 232 valence electrons. The summed E-state index contributed by atoms with van der Waals surface area (Å²) in [5.74, 6) is 0.658. The Bertz CT molecular complexity index is 3070. The first-order valence-corrected chi connectivity index (χ1v) is 16.9. The second kappa shape index (κ2) is 10.4. The van der Waals surface area contributed by atoms with Crippen molar-refractivity contribution in [2.24, 2.45) is 0 Å². The average Bonchev–Trinajstić information content (AvgIpc) is 3.74. The predicted molar refractivity (Wildman–Crippen MR) is 207 cm³/mol. The van der Waals surface area contributed by atoms with Crippen molar-refractivity contribution in [2.45, 2.75) is 0 Å². The van der Waals surface area contributed by atoms with E-state index in [9.17, 15) is 0 Å². The molecule has 0 radical (unpaired) electrons.